The van der Waals surface area contributed by atoms with Crippen molar-refractivity contribution >= 4 is 0 Å². The molecule has 1 unspecified atom stereocenters. The SMILES string of the molecule is CCCCCCCCCCCCCCNCCC(N)c1ccc(F)cc1. The summed E-state index contributed by atoms with van der Waals surface area (Å²) >= 11 is 0. The van der Waals surface area contributed by atoms with Gasteiger partial charge in [0, 0.05) is 6.04 Å². The van der Waals surface area contributed by atoms with Crippen LogP contribution in [0.1, 0.15) is 102 Å². The highest BCUT2D eigenvalue weighted by molar-refractivity contribution is 5.19. The number of hydrogen-bond donors (Lipinski definition) is 2. The molecular weight excluding hydrogens is 323 g/mol. The molecule has 1 aromatic rings. The second-order valence-corrected chi connectivity index (χ2v) is 7.59. The monoisotopic (exact) mass is 364 g/mol. The molecule has 1 atom stereocenters. The summed E-state index contributed by atoms with van der Waals surface area (Å²) in [5.74, 6) is -0.203. The maximum Gasteiger partial charge on any atom is 0.123 e. The van der Waals surface area contributed by atoms with E-state index in [2.05, 4.69) is 12.2 Å². The summed E-state index contributed by atoms with van der Waals surface area (Å²) in [6.45, 7) is 4.28. The molecule has 0 bridgehead atoms. The van der Waals surface area contributed by atoms with E-state index >= 15 is 0 Å². The van der Waals surface area contributed by atoms with E-state index in [4.69, 9.17) is 5.73 Å². The van der Waals surface area contributed by atoms with Crippen LogP contribution < -0.4 is 11.1 Å². The molecule has 0 fully saturated rings. The Morgan fingerprint density at radius 2 is 1.27 bits per heavy atom. The number of nitrogens with one attached hydrogen (secondary N) is 1. The van der Waals surface area contributed by atoms with Crippen LogP contribution in [0.4, 0.5) is 4.39 Å². The Labute approximate surface area is 161 Å². The fraction of sp³-hybridized carbons (Fsp3) is 0.739. The Morgan fingerprint density at radius 1 is 0.769 bits per heavy atom. The van der Waals surface area contributed by atoms with Crippen molar-refractivity contribution in [2.24, 2.45) is 5.73 Å². The zero-order valence-corrected chi connectivity index (χ0v) is 16.9. The molecule has 0 saturated heterocycles. The van der Waals surface area contributed by atoms with Crippen LogP contribution in [0.15, 0.2) is 24.3 Å². The van der Waals surface area contributed by atoms with Crippen LogP contribution in [0.2, 0.25) is 0 Å². The highest BCUT2D eigenvalue weighted by Gasteiger charge is 2.05. The minimum Gasteiger partial charge on any atom is -0.324 e. The number of unbranched alkanes of at least 4 members (excludes halogenated alkanes) is 11. The first-order chi connectivity index (χ1) is 12.7. The lowest BCUT2D eigenvalue weighted by Gasteiger charge is -2.12. The quantitative estimate of drug-likeness (QED) is 0.309. The van der Waals surface area contributed by atoms with Gasteiger partial charge in [-0.05, 0) is 43.6 Å². The van der Waals surface area contributed by atoms with E-state index < -0.39 is 0 Å². The van der Waals surface area contributed by atoms with Gasteiger partial charge in [-0.15, -0.1) is 0 Å². The van der Waals surface area contributed by atoms with Gasteiger partial charge in [0.25, 0.3) is 0 Å². The van der Waals surface area contributed by atoms with Gasteiger partial charge >= 0.3 is 0 Å². The highest BCUT2D eigenvalue weighted by Crippen LogP contribution is 2.14. The van der Waals surface area contributed by atoms with Crippen molar-refractivity contribution in [3.05, 3.63) is 35.6 Å². The number of halogens is 1. The van der Waals surface area contributed by atoms with Crippen LogP contribution in [0.25, 0.3) is 0 Å². The summed E-state index contributed by atoms with van der Waals surface area (Å²) in [5, 5.41) is 3.48. The molecule has 2 nitrogen and oxygen atoms in total. The third kappa shape index (κ3) is 12.4. The predicted octanol–water partition coefficient (Wildman–Crippen LogP) is 6.51. The van der Waals surface area contributed by atoms with Crippen LogP contribution in [-0.4, -0.2) is 13.1 Å². The van der Waals surface area contributed by atoms with Crippen LogP contribution in [0.5, 0.6) is 0 Å². The number of hydrogen-bond acceptors (Lipinski definition) is 2. The largest absolute Gasteiger partial charge is 0.324 e. The van der Waals surface area contributed by atoms with Gasteiger partial charge in [0.15, 0.2) is 0 Å². The van der Waals surface area contributed by atoms with Gasteiger partial charge in [-0.25, -0.2) is 4.39 Å². The van der Waals surface area contributed by atoms with Crippen molar-refractivity contribution < 1.29 is 4.39 Å². The van der Waals surface area contributed by atoms with Gasteiger partial charge < -0.3 is 11.1 Å². The molecule has 150 valence electrons. The lowest BCUT2D eigenvalue weighted by Crippen LogP contribution is -2.22. The first kappa shape index (κ1) is 23.1. The molecule has 0 aliphatic heterocycles. The summed E-state index contributed by atoms with van der Waals surface area (Å²) in [6, 6.07) is 6.52. The minimum atomic E-state index is -0.203. The molecule has 3 N–H and O–H groups in total. The maximum atomic E-state index is 12.9. The Kier molecular flexibility index (Phi) is 14.5. The van der Waals surface area contributed by atoms with Gasteiger partial charge in [-0.1, -0.05) is 89.7 Å². The average molecular weight is 365 g/mol. The summed E-state index contributed by atoms with van der Waals surface area (Å²) < 4.78 is 12.9. The molecule has 0 aromatic heterocycles. The molecule has 0 amide bonds. The lowest BCUT2D eigenvalue weighted by molar-refractivity contribution is 0.526. The molecule has 0 radical (unpaired) electrons. The summed E-state index contributed by atoms with van der Waals surface area (Å²) in [4.78, 5) is 0. The van der Waals surface area contributed by atoms with Gasteiger partial charge in [0.2, 0.25) is 0 Å². The summed E-state index contributed by atoms with van der Waals surface area (Å²) in [5.41, 5.74) is 7.15. The third-order valence-corrected chi connectivity index (χ3v) is 5.14. The topological polar surface area (TPSA) is 38.0 Å². The van der Waals surface area contributed by atoms with E-state index in [-0.39, 0.29) is 11.9 Å². The van der Waals surface area contributed by atoms with Gasteiger partial charge in [0.1, 0.15) is 5.82 Å². The Bertz CT molecular complexity index is 419. The Balaban J connectivity index is 1.81. The second-order valence-electron chi connectivity index (χ2n) is 7.59. The smallest absolute Gasteiger partial charge is 0.123 e. The van der Waals surface area contributed by atoms with Crippen LogP contribution in [-0.2, 0) is 0 Å². The van der Waals surface area contributed by atoms with E-state index in [1.165, 1.54) is 89.2 Å². The normalized spacial score (nSPS) is 12.4. The summed E-state index contributed by atoms with van der Waals surface area (Å²) in [7, 11) is 0. The molecule has 1 aromatic carbocycles. The molecule has 26 heavy (non-hydrogen) atoms. The van der Waals surface area contributed by atoms with E-state index in [1.54, 1.807) is 12.1 Å². The van der Waals surface area contributed by atoms with Crippen molar-refractivity contribution in [2.45, 2.75) is 96.4 Å². The van der Waals surface area contributed by atoms with Crippen LogP contribution >= 0.6 is 0 Å². The van der Waals surface area contributed by atoms with E-state index in [9.17, 15) is 4.39 Å². The molecule has 0 saturated carbocycles. The Morgan fingerprint density at radius 3 is 1.81 bits per heavy atom. The second kappa shape index (κ2) is 16.3. The molecule has 0 aliphatic carbocycles. The molecule has 1 rings (SSSR count). The van der Waals surface area contributed by atoms with E-state index in [0.717, 1.165) is 25.1 Å². The van der Waals surface area contributed by atoms with Gasteiger partial charge in [-0.2, -0.15) is 0 Å². The average Bonchev–Trinajstić information content (AvgIpc) is 2.65. The zero-order valence-electron chi connectivity index (χ0n) is 16.9. The van der Waals surface area contributed by atoms with Crippen LogP contribution in [0.3, 0.4) is 0 Å². The third-order valence-electron chi connectivity index (χ3n) is 5.14. The van der Waals surface area contributed by atoms with Crippen molar-refractivity contribution in [3.63, 3.8) is 0 Å². The van der Waals surface area contributed by atoms with Crippen molar-refractivity contribution in [1.29, 1.82) is 0 Å². The molecule has 0 heterocycles. The highest BCUT2D eigenvalue weighted by atomic mass is 19.1. The first-order valence-corrected chi connectivity index (χ1v) is 11.0. The van der Waals surface area contributed by atoms with Gasteiger partial charge in [-0.3, -0.25) is 0 Å². The molecular formula is C23H41FN2. The zero-order chi connectivity index (χ0) is 18.9. The van der Waals surface area contributed by atoms with Crippen molar-refractivity contribution in [1.82, 2.24) is 5.32 Å². The van der Waals surface area contributed by atoms with Gasteiger partial charge in [0.05, 0.1) is 0 Å². The lowest BCUT2D eigenvalue weighted by atomic mass is 10.0. The van der Waals surface area contributed by atoms with E-state index in [0.29, 0.717) is 0 Å². The molecule has 0 aliphatic rings. The fourth-order valence-electron chi connectivity index (χ4n) is 3.35. The fourth-order valence-corrected chi connectivity index (χ4v) is 3.35. The summed E-state index contributed by atoms with van der Waals surface area (Å²) in [6.07, 6.45) is 17.5. The van der Waals surface area contributed by atoms with Crippen molar-refractivity contribution in [3.8, 4) is 0 Å². The predicted molar refractivity (Wildman–Crippen MR) is 112 cm³/mol. The maximum absolute atomic E-state index is 12.9. The molecule has 3 heteroatoms. The molecule has 0 spiro atoms. The first-order valence-electron chi connectivity index (χ1n) is 11.0. The van der Waals surface area contributed by atoms with Crippen molar-refractivity contribution in [2.75, 3.05) is 13.1 Å². The number of rotatable bonds is 17. The van der Waals surface area contributed by atoms with Crippen LogP contribution in [0, 0.1) is 5.82 Å². The number of nitrogens with two attached hydrogens (primary N) is 1. The minimum absolute atomic E-state index is 0.00919. The number of benzene rings is 1. The standard InChI is InChI=1S/C23H41FN2/c1-2-3-4-5-6-7-8-9-10-11-12-13-19-26-20-18-23(25)21-14-16-22(24)17-15-21/h14-17,23,26H,2-13,18-20,25H2,1H3. The Hall–Kier alpha value is -0.930. The van der Waals surface area contributed by atoms with E-state index in [1.807, 2.05) is 0 Å².